The number of nitrogens with zero attached hydrogens (tertiary/aromatic N) is 3. The summed E-state index contributed by atoms with van der Waals surface area (Å²) in [6.07, 6.45) is 2.02. The lowest BCUT2D eigenvalue weighted by atomic mass is 10.0. The molecular weight excluding hydrogens is 266 g/mol. The maximum absolute atomic E-state index is 12.4. The van der Waals surface area contributed by atoms with Crippen LogP contribution in [0.2, 0.25) is 0 Å². The van der Waals surface area contributed by atoms with E-state index in [0.717, 1.165) is 12.8 Å². The summed E-state index contributed by atoms with van der Waals surface area (Å²) in [4.78, 5) is 0. The number of hydrogen-bond acceptors (Lipinski definition) is 4. The Hall–Kier alpha value is -0.920. The molecule has 1 saturated heterocycles. The summed E-state index contributed by atoms with van der Waals surface area (Å²) in [5, 5.41) is 3.83. The van der Waals surface area contributed by atoms with Crippen molar-refractivity contribution in [3.05, 3.63) is 17.5 Å². The molecule has 6 nitrogen and oxygen atoms in total. The maximum atomic E-state index is 12.4. The summed E-state index contributed by atoms with van der Waals surface area (Å²) in [5.74, 6) is 1.11. The summed E-state index contributed by atoms with van der Waals surface area (Å²) in [5.41, 5.74) is 0.633. The Bertz CT molecular complexity index is 526. The van der Waals surface area contributed by atoms with Gasteiger partial charge >= 0.3 is 0 Å². The highest BCUT2D eigenvalue weighted by molar-refractivity contribution is 7.86. The summed E-state index contributed by atoms with van der Waals surface area (Å²) < 4.78 is 32.7. The van der Waals surface area contributed by atoms with E-state index in [0.29, 0.717) is 30.5 Å². The van der Waals surface area contributed by atoms with E-state index in [9.17, 15) is 8.42 Å². The van der Waals surface area contributed by atoms with Crippen molar-refractivity contribution < 1.29 is 12.9 Å². The van der Waals surface area contributed by atoms with Gasteiger partial charge in [-0.1, -0.05) is 12.1 Å². The zero-order valence-electron chi connectivity index (χ0n) is 11.7. The number of piperidine rings is 1. The maximum Gasteiger partial charge on any atom is 0.282 e. The fourth-order valence-electron chi connectivity index (χ4n) is 2.36. The van der Waals surface area contributed by atoms with Crippen molar-refractivity contribution in [2.75, 3.05) is 20.1 Å². The quantitative estimate of drug-likeness (QED) is 0.839. The van der Waals surface area contributed by atoms with Crippen molar-refractivity contribution in [1.82, 2.24) is 13.8 Å². The smallest absolute Gasteiger partial charge is 0.282 e. The SMILES string of the molecule is Cc1cc(CN(C)S(=O)(=O)N2CCC[C@@H](C)C2)no1. The van der Waals surface area contributed by atoms with E-state index in [1.807, 2.05) is 0 Å². The van der Waals surface area contributed by atoms with Gasteiger partial charge in [-0.3, -0.25) is 0 Å². The summed E-state index contributed by atoms with van der Waals surface area (Å²) in [6, 6.07) is 1.75. The van der Waals surface area contributed by atoms with E-state index in [2.05, 4.69) is 12.1 Å². The Labute approximate surface area is 114 Å². The van der Waals surface area contributed by atoms with E-state index in [4.69, 9.17) is 4.52 Å². The molecule has 1 atom stereocenters. The van der Waals surface area contributed by atoms with Gasteiger partial charge in [-0.05, 0) is 25.7 Å². The number of aryl methyl sites for hydroxylation is 1. The molecule has 1 aromatic heterocycles. The topological polar surface area (TPSA) is 66.7 Å². The van der Waals surface area contributed by atoms with Gasteiger partial charge in [0, 0.05) is 26.2 Å². The van der Waals surface area contributed by atoms with Gasteiger partial charge in [0.2, 0.25) is 0 Å². The minimum atomic E-state index is -3.40. The first kappa shape index (κ1) is 14.5. The molecule has 0 N–H and O–H groups in total. The monoisotopic (exact) mass is 287 g/mol. The third kappa shape index (κ3) is 3.34. The lowest BCUT2D eigenvalue weighted by Crippen LogP contribution is -2.46. The largest absolute Gasteiger partial charge is 0.361 e. The molecule has 108 valence electrons. The lowest BCUT2D eigenvalue weighted by Gasteiger charge is -2.32. The summed E-state index contributed by atoms with van der Waals surface area (Å²) in [6.45, 7) is 5.32. The lowest BCUT2D eigenvalue weighted by molar-refractivity contribution is 0.262. The van der Waals surface area contributed by atoms with Crippen molar-refractivity contribution >= 4 is 10.2 Å². The molecule has 0 bridgehead atoms. The van der Waals surface area contributed by atoms with E-state index in [1.54, 1.807) is 24.3 Å². The van der Waals surface area contributed by atoms with Gasteiger partial charge in [0.25, 0.3) is 10.2 Å². The summed E-state index contributed by atoms with van der Waals surface area (Å²) in [7, 11) is -1.82. The van der Waals surface area contributed by atoms with Crippen LogP contribution in [0, 0.1) is 12.8 Å². The standard InChI is InChI=1S/C12H21N3O3S/c1-10-5-4-6-15(8-10)19(16,17)14(3)9-12-7-11(2)18-13-12/h7,10H,4-6,8-9H2,1-3H3/t10-/m1/s1. The first-order valence-corrected chi connectivity index (χ1v) is 7.93. The fourth-order valence-corrected chi connectivity index (χ4v) is 3.85. The molecule has 0 amide bonds. The molecular formula is C12H21N3O3S. The Kier molecular flexibility index (Phi) is 4.27. The minimum absolute atomic E-state index is 0.241. The zero-order chi connectivity index (χ0) is 14.0. The number of rotatable bonds is 4. The molecule has 1 aromatic rings. The third-order valence-corrected chi connectivity index (χ3v) is 5.30. The van der Waals surface area contributed by atoms with Crippen molar-refractivity contribution in [2.24, 2.45) is 5.92 Å². The van der Waals surface area contributed by atoms with Gasteiger partial charge in [-0.15, -0.1) is 0 Å². The highest BCUT2D eigenvalue weighted by atomic mass is 32.2. The molecule has 2 heterocycles. The van der Waals surface area contributed by atoms with Crippen LogP contribution < -0.4 is 0 Å². The van der Waals surface area contributed by atoms with E-state index in [1.165, 1.54) is 4.31 Å². The molecule has 0 aromatic carbocycles. The molecule has 2 rings (SSSR count). The van der Waals surface area contributed by atoms with Gasteiger partial charge in [0.1, 0.15) is 5.76 Å². The number of hydrogen-bond donors (Lipinski definition) is 0. The Morgan fingerprint density at radius 3 is 2.89 bits per heavy atom. The predicted molar refractivity (Wildman–Crippen MR) is 71.6 cm³/mol. The van der Waals surface area contributed by atoms with Crippen LogP contribution in [0.25, 0.3) is 0 Å². The van der Waals surface area contributed by atoms with E-state index in [-0.39, 0.29) is 6.54 Å². The third-order valence-electron chi connectivity index (χ3n) is 3.40. The van der Waals surface area contributed by atoms with Crippen molar-refractivity contribution in [2.45, 2.75) is 33.2 Å². The van der Waals surface area contributed by atoms with Gasteiger partial charge in [0.15, 0.2) is 0 Å². The van der Waals surface area contributed by atoms with Crippen LogP contribution in [0.4, 0.5) is 0 Å². The van der Waals surface area contributed by atoms with Gasteiger partial charge in [-0.2, -0.15) is 17.0 Å². The zero-order valence-corrected chi connectivity index (χ0v) is 12.5. The summed E-state index contributed by atoms with van der Waals surface area (Å²) >= 11 is 0. The predicted octanol–water partition coefficient (Wildman–Crippen LogP) is 1.39. The van der Waals surface area contributed by atoms with Gasteiger partial charge in [-0.25, -0.2) is 0 Å². The molecule has 0 saturated carbocycles. The minimum Gasteiger partial charge on any atom is -0.361 e. The molecule has 0 unspecified atom stereocenters. The van der Waals surface area contributed by atoms with E-state index < -0.39 is 10.2 Å². The van der Waals surface area contributed by atoms with Crippen molar-refractivity contribution in [3.63, 3.8) is 0 Å². The average molecular weight is 287 g/mol. The molecule has 1 fully saturated rings. The second kappa shape index (κ2) is 5.60. The van der Waals surface area contributed by atoms with Crippen LogP contribution in [0.15, 0.2) is 10.6 Å². The normalized spacial score (nSPS) is 22.0. The van der Waals surface area contributed by atoms with Crippen molar-refractivity contribution in [1.29, 1.82) is 0 Å². The van der Waals surface area contributed by atoms with Crippen LogP contribution in [-0.4, -0.2) is 42.3 Å². The van der Waals surface area contributed by atoms with E-state index >= 15 is 0 Å². The highest BCUT2D eigenvalue weighted by Gasteiger charge is 2.30. The molecule has 0 aliphatic carbocycles. The van der Waals surface area contributed by atoms with Gasteiger partial charge in [0.05, 0.1) is 12.2 Å². The molecule has 0 radical (unpaired) electrons. The molecule has 1 aliphatic rings. The second-order valence-corrected chi connectivity index (χ2v) is 7.33. The second-order valence-electron chi connectivity index (χ2n) is 5.30. The Morgan fingerprint density at radius 1 is 1.58 bits per heavy atom. The number of aromatic nitrogens is 1. The fraction of sp³-hybridized carbons (Fsp3) is 0.750. The Morgan fingerprint density at radius 2 is 2.32 bits per heavy atom. The highest BCUT2D eigenvalue weighted by Crippen LogP contribution is 2.20. The molecule has 7 heteroatoms. The van der Waals surface area contributed by atoms with Crippen LogP contribution in [0.3, 0.4) is 0 Å². The molecule has 19 heavy (non-hydrogen) atoms. The van der Waals surface area contributed by atoms with Crippen LogP contribution in [0.1, 0.15) is 31.2 Å². The molecule has 0 spiro atoms. The molecule has 1 aliphatic heterocycles. The Balaban J connectivity index is 2.06. The van der Waals surface area contributed by atoms with Gasteiger partial charge < -0.3 is 4.52 Å². The average Bonchev–Trinajstić information content (AvgIpc) is 2.74. The van der Waals surface area contributed by atoms with Crippen LogP contribution in [-0.2, 0) is 16.8 Å². The first-order chi connectivity index (χ1) is 8.89. The van der Waals surface area contributed by atoms with Crippen molar-refractivity contribution in [3.8, 4) is 0 Å². The first-order valence-electron chi connectivity index (χ1n) is 6.53. The van der Waals surface area contributed by atoms with Crippen LogP contribution in [0.5, 0.6) is 0 Å². The van der Waals surface area contributed by atoms with Crippen LogP contribution >= 0.6 is 0 Å².